The molecule has 0 amide bonds. The molecule has 120 valence electrons. The number of aromatic amines is 2. The first kappa shape index (κ1) is 17.2. The molecule has 3 aromatic rings. The van der Waals surface area contributed by atoms with E-state index in [9.17, 15) is 4.79 Å². The molecule has 0 saturated heterocycles. The van der Waals surface area contributed by atoms with Crippen LogP contribution in [-0.2, 0) is 0 Å². The Kier molecular flexibility index (Phi) is 5.55. The van der Waals surface area contributed by atoms with Crippen molar-refractivity contribution in [1.82, 2.24) is 15.0 Å². The van der Waals surface area contributed by atoms with Crippen molar-refractivity contribution in [3.63, 3.8) is 0 Å². The lowest BCUT2D eigenvalue weighted by atomic mass is 10.0. The zero-order valence-electron chi connectivity index (χ0n) is 13.7. The van der Waals surface area contributed by atoms with Gasteiger partial charge in [0.05, 0.1) is 0 Å². The number of carbonyl (C=O) groups is 1. The summed E-state index contributed by atoms with van der Waals surface area (Å²) in [6.07, 6.45) is 9.09. The molecule has 23 heavy (non-hydrogen) atoms. The Morgan fingerprint density at radius 3 is 2.61 bits per heavy atom. The predicted molar refractivity (Wildman–Crippen MR) is 98.8 cm³/mol. The van der Waals surface area contributed by atoms with E-state index < -0.39 is 0 Å². The van der Waals surface area contributed by atoms with Gasteiger partial charge in [-0.15, -0.1) is 0 Å². The minimum Gasteiger partial charge on any atom is -0.361 e. The highest BCUT2D eigenvalue weighted by atomic mass is 79.9. The number of hydrogen-bond acceptors (Lipinski definition) is 2. The molecule has 3 aromatic heterocycles. The van der Waals surface area contributed by atoms with E-state index in [2.05, 4.69) is 30.9 Å². The number of ketones is 1. The molecular weight excluding hydrogens is 354 g/mol. The first-order chi connectivity index (χ1) is 11.1. The Morgan fingerprint density at radius 1 is 1.22 bits per heavy atom. The average molecular weight is 374 g/mol. The molecule has 0 saturated carbocycles. The third-order valence-electron chi connectivity index (χ3n) is 3.50. The van der Waals surface area contributed by atoms with Crippen molar-refractivity contribution >= 4 is 38.8 Å². The van der Waals surface area contributed by atoms with Gasteiger partial charge < -0.3 is 9.97 Å². The summed E-state index contributed by atoms with van der Waals surface area (Å²) in [6.45, 7) is 7.90. The number of fused-ring (bicyclic) bond motifs is 1. The summed E-state index contributed by atoms with van der Waals surface area (Å²) in [6, 6.07) is 1.90. The fourth-order valence-corrected chi connectivity index (χ4v) is 2.73. The Balaban J connectivity index is 0.000000924. The zero-order valence-corrected chi connectivity index (χ0v) is 15.3. The van der Waals surface area contributed by atoms with Gasteiger partial charge in [-0.05, 0) is 47.5 Å². The summed E-state index contributed by atoms with van der Waals surface area (Å²) in [5.74, 6) is -0.00865. The van der Waals surface area contributed by atoms with E-state index in [0.717, 1.165) is 21.1 Å². The zero-order chi connectivity index (χ0) is 17.0. The number of nitrogens with zero attached hydrogens (tertiary/aromatic N) is 1. The molecule has 3 heterocycles. The van der Waals surface area contributed by atoms with Crippen molar-refractivity contribution in [2.24, 2.45) is 0 Å². The lowest BCUT2D eigenvalue weighted by molar-refractivity contribution is 0.104. The molecule has 0 aliphatic heterocycles. The van der Waals surface area contributed by atoms with Gasteiger partial charge in [0.25, 0.3) is 0 Å². The average Bonchev–Trinajstić information content (AvgIpc) is 3.13. The molecule has 0 radical (unpaired) electrons. The van der Waals surface area contributed by atoms with Crippen LogP contribution in [0.2, 0.25) is 0 Å². The Labute approximate surface area is 144 Å². The van der Waals surface area contributed by atoms with Gasteiger partial charge in [0.1, 0.15) is 5.65 Å². The molecule has 3 rings (SSSR count). The van der Waals surface area contributed by atoms with Crippen LogP contribution >= 0.6 is 15.9 Å². The van der Waals surface area contributed by atoms with E-state index in [-0.39, 0.29) is 5.78 Å². The fraction of sp³-hybridized carbons (Fsp3) is 0.222. The first-order valence-corrected chi connectivity index (χ1v) is 8.39. The number of hydrogen-bond donors (Lipinski definition) is 2. The minimum atomic E-state index is -0.00865. The highest BCUT2D eigenvalue weighted by Crippen LogP contribution is 2.25. The van der Waals surface area contributed by atoms with Gasteiger partial charge in [-0.2, -0.15) is 0 Å². The second kappa shape index (κ2) is 7.42. The van der Waals surface area contributed by atoms with Crippen LogP contribution in [0.1, 0.15) is 48.0 Å². The maximum Gasteiger partial charge on any atom is 0.197 e. The van der Waals surface area contributed by atoms with Crippen LogP contribution in [0.15, 0.2) is 35.2 Å². The number of allylic oxidation sites excluding steroid dienone is 1. The van der Waals surface area contributed by atoms with Crippen LogP contribution in [0, 0.1) is 6.92 Å². The second-order valence-corrected chi connectivity index (χ2v) is 5.74. The van der Waals surface area contributed by atoms with Gasteiger partial charge in [-0.25, -0.2) is 4.98 Å². The molecule has 0 aliphatic rings. The molecule has 0 bridgehead atoms. The first-order valence-electron chi connectivity index (χ1n) is 7.59. The molecular formula is C18H20BrN3O. The number of rotatable bonds is 3. The van der Waals surface area contributed by atoms with Crippen molar-refractivity contribution < 1.29 is 4.79 Å². The minimum absolute atomic E-state index is 0.00865. The molecule has 2 N–H and O–H groups in total. The van der Waals surface area contributed by atoms with Crippen molar-refractivity contribution in [2.45, 2.75) is 27.7 Å². The predicted octanol–water partition coefficient (Wildman–Crippen LogP) is 5.25. The van der Waals surface area contributed by atoms with E-state index in [1.807, 2.05) is 45.9 Å². The smallest absolute Gasteiger partial charge is 0.197 e. The molecule has 0 aromatic carbocycles. The molecule has 0 unspecified atom stereocenters. The largest absolute Gasteiger partial charge is 0.361 e. The molecule has 0 aliphatic carbocycles. The normalized spacial score (nSPS) is 10.8. The van der Waals surface area contributed by atoms with Crippen LogP contribution in [0.4, 0.5) is 0 Å². The maximum atomic E-state index is 12.8. The summed E-state index contributed by atoms with van der Waals surface area (Å²) in [5.41, 5.74) is 3.94. The molecule has 5 heteroatoms. The summed E-state index contributed by atoms with van der Waals surface area (Å²) in [7, 11) is 0. The van der Waals surface area contributed by atoms with E-state index in [1.54, 1.807) is 18.6 Å². The molecule has 0 spiro atoms. The number of aromatic nitrogens is 3. The highest BCUT2D eigenvalue weighted by molar-refractivity contribution is 9.10. The van der Waals surface area contributed by atoms with Crippen molar-refractivity contribution in [3.05, 3.63) is 57.6 Å². The van der Waals surface area contributed by atoms with Crippen molar-refractivity contribution in [3.8, 4) is 0 Å². The van der Waals surface area contributed by atoms with Crippen LogP contribution in [0.25, 0.3) is 17.1 Å². The standard InChI is InChI=1S/C16H14BrN3O.C2H6/c1-3-4-14-9(2)12(7-18-14)15(21)13-8-20-16-11(13)5-10(17)6-19-16;1-2/h3-8,18H,1-2H3,(H,19,20);1-2H3/b4-3-;. The number of pyridine rings is 1. The number of halogens is 1. The SMILES string of the molecule is C/C=C\c1[nH]cc(C(=O)c2c[nH]c3ncc(Br)cc23)c1C.CC. The Bertz CT molecular complexity index is 858. The van der Waals surface area contributed by atoms with Crippen LogP contribution in [0.3, 0.4) is 0 Å². The van der Waals surface area contributed by atoms with E-state index in [4.69, 9.17) is 0 Å². The van der Waals surface area contributed by atoms with Crippen LogP contribution in [0.5, 0.6) is 0 Å². The van der Waals surface area contributed by atoms with Crippen molar-refractivity contribution in [2.75, 3.05) is 0 Å². The maximum absolute atomic E-state index is 12.8. The summed E-state index contributed by atoms with van der Waals surface area (Å²) < 4.78 is 0.851. The Hall–Kier alpha value is -2.14. The summed E-state index contributed by atoms with van der Waals surface area (Å²) >= 11 is 3.39. The number of nitrogens with one attached hydrogen (secondary N) is 2. The van der Waals surface area contributed by atoms with E-state index in [1.165, 1.54) is 0 Å². The van der Waals surface area contributed by atoms with Gasteiger partial charge in [-0.1, -0.05) is 19.9 Å². The van der Waals surface area contributed by atoms with E-state index in [0.29, 0.717) is 16.8 Å². The van der Waals surface area contributed by atoms with E-state index >= 15 is 0 Å². The lowest BCUT2D eigenvalue weighted by Gasteiger charge is -1.99. The molecule has 4 nitrogen and oxygen atoms in total. The van der Waals surface area contributed by atoms with Crippen LogP contribution in [-0.4, -0.2) is 20.7 Å². The van der Waals surface area contributed by atoms with Gasteiger partial charge in [0.2, 0.25) is 0 Å². The third kappa shape index (κ3) is 3.29. The quantitative estimate of drug-likeness (QED) is 0.615. The Morgan fingerprint density at radius 2 is 1.91 bits per heavy atom. The highest BCUT2D eigenvalue weighted by Gasteiger charge is 2.18. The summed E-state index contributed by atoms with van der Waals surface area (Å²) in [4.78, 5) is 23.2. The number of carbonyl (C=O) groups excluding carboxylic acids is 1. The van der Waals surface area contributed by atoms with Crippen molar-refractivity contribution in [1.29, 1.82) is 0 Å². The number of H-pyrrole nitrogens is 2. The third-order valence-corrected chi connectivity index (χ3v) is 3.93. The second-order valence-electron chi connectivity index (χ2n) is 4.82. The summed E-state index contributed by atoms with van der Waals surface area (Å²) in [5, 5.41) is 0.822. The van der Waals surface area contributed by atoms with Gasteiger partial charge in [0.15, 0.2) is 5.78 Å². The molecule has 0 atom stereocenters. The monoisotopic (exact) mass is 373 g/mol. The lowest BCUT2D eigenvalue weighted by Crippen LogP contribution is -2.01. The van der Waals surface area contributed by atoms with Crippen LogP contribution < -0.4 is 0 Å². The van der Waals surface area contributed by atoms with Gasteiger partial charge >= 0.3 is 0 Å². The van der Waals surface area contributed by atoms with Gasteiger partial charge in [-0.3, -0.25) is 4.79 Å². The van der Waals surface area contributed by atoms with Gasteiger partial charge in [0, 0.05) is 45.3 Å². The fourth-order valence-electron chi connectivity index (χ4n) is 2.40. The topological polar surface area (TPSA) is 61.5 Å². The molecule has 0 fully saturated rings.